The molecule has 5 saturated carbocycles. The Hall–Kier alpha value is -0.570. The van der Waals surface area contributed by atoms with Crippen LogP contribution in [0, 0.1) is 56.7 Å². The number of ether oxygens (including phenoxy) is 1. The van der Waals surface area contributed by atoms with Gasteiger partial charge >= 0.3 is 5.97 Å². The minimum Gasteiger partial charge on any atom is -0.462 e. The number of carbonyl (C=O) groups is 1. The minimum absolute atomic E-state index is 0.0102. The van der Waals surface area contributed by atoms with Crippen LogP contribution in [-0.2, 0) is 9.53 Å². The van der Waals surface area contributed by atoms with E-state index >= 15 is 0 Å². The molecule has 0 saturated heterocycles. The lowest BCUT2D eigenvalue weighted by Gasteiger charge is -2.64. The first-order valence-corrected chi connectivity index (χ1v) is 15.1. The molecule has 0 heterocycles. The summed E-state index contributed by atoms with van der Waals surface area (Å²) in [4.78, 5) is 11.9. The van der Waals surface area contributed by atoms with Gasteiger partial charge in [-0.3, -0.25) is 4.79 Å². The van der Waals surface area contributed by atoms with E-state index in [2.05, 4.69) is 48.5 Å². The summed E-state index contributed by atoms with van der Waals surface area (Å²) in [6.07, 6.45) is 13.5. The first-order chi connectivity index (χ1) is 16.3. The van der Waals surface area contributed by atoms with Crippen molar-refractivity contribution in [2.24, 2.45) is 56.7 Å². The monoisotopic (exact) mass is 486 g/mol. The van der Waals surface area contributed by atoms with Crippen LogP contribution in [0.4, 0.5) is 0 Å². The number of hydrogen-bond donors (Lipinski definition) is 1. The predicted octanol–water partition coefficient (Wildman–Crippen LogP) is 7.79. The van der Waals surface area contributed by atoms with Crippen LogP contribution in [0.5, 0.6) is 0 Å². The highest BCUT2D eigenvalue weighted by atomic mass is 16.5. The summed E-state index contributed by atoms with van der Waals surface area (Å²) in [6.45, 7) is 18.7. The van der Waals surface area contributed by atoms with E-state index in [1.807, 2.05) is 0 Å². The third-order valence-corrected chi connectivity index (χ3v) is 13.5. The Morgan fingerprint density at radius 3 is 2.31 bits per heavy atom. The summed E-state index contributed by atoms with van der Waals surface area (Å²) >= 11 is 0. The summed E-state index contributed by atoms with van der Waals surface area (Å²) in [7, 11) is 0. The van der Waals surface area contributed by atoms with Crippen molar-refractivity contribution in [1.82, 2.24) is 0 Å². The van der Waals surface area contributed by atoms with Gasteiger partial charge in [-0.15, -0.1) is 0 Å². The quantitative estimate of drug-likeness (QED) is 0.390. The molecule has 200 valence electrons. The van der Waals surface area contributed by atoms with E-state index in [4.69, 9.17) is 4.74 Å². The molecule has 0 aromatic heterocycles. The van der Waals surface area contributed by atoms with Crippen LogP contribution in [0.1, 0.15) is 126 Å². The lowest BCUT2D eigenvalue weighted by molar-refractivity contribution is -0.207. The molecule has 5 aliphatic carbocycles. The molecular weight excluding hydrogens is 432 g/mol. The lowest BCUT2D eigenvalue weighted by atomic mass is 9.41. The number of hydrogen-bond acceptors (Lipinski definition) is 3. The van der Waals surface area contributed by atoms with E-state index in [1.54, 1.807) is 6.92 Å². The smallest absolute Gasteiger partial charge is 0.302 e. The van der Waals surface area contributed by atoms with Gasteiger partial charge in [0.1, 0.15) is 6.10 Å². The fourth-order valence-electron chi connectivity index (χ4n) is 11.7. The molecule has 3 heteroatoms. The van der Waals surface area contributed by atoms with Crippen LogP contribution in [0.2, 0.25) is 0 Å². The molecule has 0 aromatic carbocycles. The normalized spacial score (nSPS) is 50.5. The van der Waals surface area contributed by atoms with E-state index < -0.39 is 0 Å². The molecule has 0 bridgehead atoms. The van der Waals surface area contributed by atoms with Crippen LogP contribution in [0.15, 0.2) is 0 Å². The van der Waals surface area contributed by atoms with E-state index in [9.17, 15) is 9.90 Å². The first kappa shape index (κ1) is 26.1. The molecule has 10 unspecified atom stereocenters. The molecule has 5 rings (SSSR count). The fraction of sp³-hybridized carbons (Fsp3) is 0.969. The second-order valence-electron chi connectivity index (χ2n) is 15.6. The average molecular weight is 487 g/mol. The number of fused-ring (bicyclic) bond motifs is 2. The second kappa shape index (κ2) is 8.21. The van der Waals surface area contributed by atoms with Gasteiger partial charge in [0, 0.05) is 12.3 Å². The minimum atomic E-state index is -0.217. The number of aliphatic hydroxyl groups is 1. The Bertz CT molecular complexity index is 848. The van der Waals surface area contributed by atoms with Crippen molar-refractivity contribution in [2.45, 2.75) is 138 Å². The summed E-state index contributed by atoms with van der Waals surface area (Å²) in [5.74, 6) is 3.14. The number of carbonyl (C=O) groups excluding carboxylic acids is 1. The Kier molecular flexibility index (Phi) is 6.11. The molecule has 0 amide bonds. The highest BCUT2D eigenvalue weighted by Crippen LogP contribution is 2.89. The van der Waals surface area contributed by atoms with Gasteiger partial charge in [-0.25, -0.2) is 0 Å². The van der Waals surface area contributed by atoms with Crippen molar-refractivity contribution >= 4 is 5.97 Å². The Morgan fingerprint density at radius 1 is 0.943 bits per heavy atom. The largest absolute Gasteiger partial charge is 0.462 e. The summed E-state index contributed by atoms with van der Waals surface area (Å²) in [5.41, 5.74) is 1.21. The van der Waals surface area contributed by atoms with Crippen LogP contribution in [0.3, 0.4) is 0 Å². The first-order valence-electron chi connectivity index (χ1n) is 15.1. The second-order valence-corrected chi connectivity index (χ2v) is 15.6. The Labute approximate surface area is 215 Å². The SMILES string of the molecule is CC(=O)OC1CCC23CC24CCC2(C)C(C(C)CCCC(C)C)CCC2(C)C4C(O)CC3C1(C)C. The molecule has 35 heavy (non-hydrogen) atoms. The van der Waals surface area contributed by atoms with E-state index in [1.165, 1.54) is 57.8 Å². The third-order valence-electron chi connectivity index (χ3n) is 13.5. The van der Waals surface area contributed by atoms with Crippen LogP contribution < -0.4 is 0 Å². The van der Waals surface area contributed by atoms with E-state index in [0.29, 0.717) is 28.1 Å². The Balaban J connectivity index is 1.41. The standard InChI is InChI=1S/C32H54O3/c1-20(2)10-9-11-21(3)23-12-14-30(8)27-24(34)18-25-28(5,6)26(35-22(4)33)13-15-31(25)19-32(27,31)17-16-29(23,30)7/h20-21,23-27,34H,9-19H2,1-8H3. The molecule has 2 spiro atoms. The fourth-order valence-corrected chi connectivity index (χ4v) is 11.7. The van der Waals surface area contributed by atoms with Gasteiger partial charge in [0.05, 0.1) is 6.10 Å². The zero-order chi connectivity index (χ0) is 25.6. The predicted molar refractivity (Wildman–Crippen MR) is 142 cm³/mol. The van der Waals surface area contributed by atoms with Gasteiger partial charge in [-0.05, 0) is 103 Å². The van der Waals surface area contributed by atoms with Gasteiger partial charge in [0.25, 0.3) is 0 Å². The van der Waals surface area contributed by atoms with Gasteiger partial charge in [-0.2, -0.15) is 0 Å². The summed E-state index contributed by atoms with van der Waals surface area (Å²) in [5, 5.41) is 12.0. The summed E-state index contributed by atoms with van der Waals surface area (Å²) in [6, 6.07) is 0. The number of aliphatic hydroxyl groups excluding tert-OH is 1. The number of rotatable bonds is 6. The number of esters is 1. The van der Waals surface area contributed by atoms with Crippen molar-refractivity contribution < 1.29 is 14.6 Å². The maximum Gasteiger partial charge on any atom is 0.302 e. The highest BCUT2D eigenvalue weighted by Gasteiger charge is 2.84. The zero-order valence-corrected chi connectivity index (χ0v) is 24.1. The van der Waals surface area contributed by atoms with Gasteiger partial charge in [0.2, 0.25) is 0 Å². The topological polar surface area (TPSA) is 46.5 Å². The van der Waals surface area contributed by atoms with Gasteiger partial charge in [0.15, 0.2) is 0 Å². The van der Waals surface area contributed by atoms with E-state index in [-0.39, 0.29) is 29.0 Å². The molecule has 0 aromatic rings. The van der Waals surface area contributed by atoms with Crippen LogP contribution in [0.25, 0.3) is 0 Å². The molecule has 0 aliphatic heterocycles. The van der Waals surface area contributed by atoms with E-state index in [0.717, 1.165) is 30.6 Å². The van der Waals surface area contributed by atoms with Crippen molar-refractivity contribution in [3.63, 3.8) is 0 Å². The van der Waals surface area contributed by atoms with Crippen molar-refractivity contribution in [1.29, 1.82) is 0 Å². The van der Waals surface area contributed by atoms with Crippen LogP contribution >= 0.6 is 0 Å². The highest BCUT2D eigenvalue weighted by molar-refractivity contribution is 5.66. The molecular formula is C32H54O3. The van der Waals surface area contributed by atoms with Crippen LogP contribution in [-0.4, -0.2) is 23.3 Å². The van der Waals surface area contributed by atoms with Crippen molar-refractivity contribution in [3.05, 3.63) is 0 Å². The molecule has 10 atom stereocenters. The molecule has 1 N–H and O–H groups in total. The average Bonchev–Trinajstić information content (AvgIpc) is 3.31. The molecule has 0 radical (unpaired) electrons. The van der Waals surface area contributed by atoms with Crippen molar-refractivity contribution in [3.8, 4) is 0 Å². The lowest BCUT2D eigenvalue weighted by Crippen LogP contribution is -2.62. The maximum atomic E-state index is 12.0. The maximum absolute atomic E-state index is 12.0. The van der Waals surface area contributed by atoms with Gasteiger partial charge in [-0.1, -0.05) is 67.7 Å². The zero-order valence-electron chi connectivity index (χ0n) is 24.1. The molecule has 3 nitrogen and oxygen atoms in total. The molecule has 5 aliphatic rings. The summed E-state index contributed by atoms with van der Waals surface area (Å²) < 4.78 is 5.86. The molecule has 5 fully saturated rings. The van der Waals surface area contributed by atoms with Gasteiger partial charge < -0.3 is 9.84 Å². The third kappa shape index (κ3) is 3.41. The van der Waals surface area contributed by atoms with Crippen molar-refractivity contribution in [2.75, 3.05) is 0 Å². The Morgan fingerprint density at radius 2 is 1.66 bits per heavy atom.